The zero-order valence-corrected chi connectivity index (χ0v) is 30.1. The second kappa shape index (κ2) is 13.5. The van der Waals surface area contributed by atoms with Crippen LogP contribution < -0.4 is 33.2 Å². The Morgan fingerprint density at radius 3 is 2.02 bits per heavy atom. The zero-order valence-electron chi connectivity index (χ0n) is 30.1. The molecule has 0 saturated heterocycles. The number of hydrogen-bond acceptors (Lipinski definition) is 10. The minimum Gasteiger partial charge on any atom is -0.504 e. The van der Waals surface area contributed by atoms with Gasteiger partial charge in [-0.1, -0.05) is 12.1 Å². The minimum atomic E-state index is 0.0636. The molecule has 4 aromatic carbocycles. The molecule has 0 radical (unpaired) electrons. The third kappa shape index (κ3) is 5.41. The summed E-state index contributed by atoms with van der Waals surface area (Å²) in [6.45, 7) is 1.79. The molecule has 0 fully saturated rings. The van der Waals surface area contributed by atoms with E-state index in [0.29, 0.717) is 46.7 Å². The summed E-state index contributed by atoms with van der Waals surface area (Å²) >= 11 is 0. The predicted molar refractivity (Wildman–Crippen MR) is 191 cm³/mol. The monoisotopic (exact) mass is 682 g/mol. The number of nitrogens with zero attached hydrogens (tertiary/aromatic N) is 2. The van der Waals surface area contributed by atoms with Crippen molar-refractivity contribution in [3.05, 3.63) is 75.8 Å². The first-order valence-corrected chi connectivity index (χ1v) is 17.0. The van der Waals surface area contributed by atoms with Gasteiger partial charge in [-0.05, 0) is 97.9 Å². The smallest absolute Gasteiger partial charge is 0.204 e. The number of rotatable bonds is 10. The quantitative estimate of drug-likeness (QED) is 0.194. The number of methoxy groups -OCH3 is 6. The first-order valence-electron chi connectivity index (χ1n) is 17.0. The predicted octanol–water partition coefficient (Wildman–Crippen LogP) is 6.76. The molecule has 7 rings (SSSR count). The zero-order chi connectivity index (χ0) is 35.3. The van der Waals surface area contributed by atoms with Crippen molar-refractivity contribution in [1.82, 2.24) is 9.80 Å². The Balaban J connectivity index is 1.29. The van der Waals surface area contributed by atoms with Crippen LogP contribution in [0.4, 0.5) is 0 Å². The SMILES string of the molecule is COc1cc2c(cc1O)CCN(C)[C@H]2Cc1ccc(Oc2c3c(cc(OC)c2OC)-c2c(OC)c(OC)c(OC)c4c2[C@H](C3)N(C)CC4)cc1. The molecule has 10 heteroatoms. The van der Waals surface area contributed by atoms with Gasteiger partial charge in [0.05, 0.1) is 42.7 Å². The Morgan fingerprint density at radius 1 is 0.680 bits per heavy atom. The van der Waals surface area contributed by atoms with Gasteiger partial charge in [-0.25, -0.2) is 0 Å². The van der Waals surface area contributed by atoms with E-state index in [0.717, 1.165) is 65.9 Å². The third-order valence-electron chi connectivity index (χ3n) is 10.7. The average Bonchev–Trinajstić information content (AvgIpc) is 3.13. The van der Waals surface area contributed by atoms with Gasteiger partial charge in [0.1, 0.15) is 5.75 Å². The highest BCUT2D eigenvalue weighted by Gasteiger charge is 2.41. The molecular formula is C40H46N2O8. The van der Waals surface area contributed by atoms with Crippen LogP contribution in [0.2, 0.25) is 0 Å². The van der Waals surface area contributed by atoms with E-state index in [1.165, 1.54) is 16.7 Å². The molecule has 4 aromatic rings. The second-order valence-corrected chi connectivity index (χ2v) is 13.2. The highest BCUT2D eigenvalue weighted by molar-refractivity contribution is 5.89. The van der Waals surface area contributed by atoms with Crippen molar-refractivity contribution in [1.29, 1.82) is 0 Å². The number of aromatic hydroxyl groups is 1. The topological polar surface area (TPSA) is 91.3 Å². The summed E-state index contributed by atoms with van der Waals surface area (Å²) in [5.41, 5.74) is 8.76. The molecule has 50 heavy (non-hydrogen) atoms. The summed E-state index contributed by atoms with van der Waals surface area (Å²) in [4.78, 5) is 4.74. The van der Waals surface area contributed by atoms with Crippen LogP contribution >= 0.6 is 0 Å². The van der Waals surface area contributed by atoms with Crippen LogP contribution in [0.25, 0.3) is 11.1 Å². The van der Waals surface area contributed by atoms with Crippen molar-refractivity contribution in [3.63, 3.8) is 0 Å². The van der Waals surface area contributed by atoms with E-state index in [2.05, 4.69) is 36.0 Å². The Kier molecular flexibility index (Phi) is 9.09. The molecule has 3 aliphatic rings. The van der Waals surface area contributed by atoms with Crippen LogP contribution in [0.1, 0.15) is 45.5 Å². The van der Waals surface area contributed by atoms with Gasteiger partial charge in [-0.15, -0.1) is 0 Å². The fraction of sp³-hybridized carbons (Fsp3) is 0.400. The molecule has 1 aliphatic carbocycles. The van der Waals surface area contributed by atoms with Crippen molar-refractivity contribution in [2.24, 2.45) is 0 Å². The lowest BCUT2D eigenvalue weighted by molar-refractivity contribution is 0.220. The highest BCUT2D eigenvalue weighted by atomic mass is 16.5. The summed E-state index contributed by atoms with van der Waals surface area (Å²) in [7, 11) is 14.2. The molecule has 10 nitrogen and oxygen atoms in total. The van der Waals surface area contributed by atoms with Crippen molar-refractivity contribution >= 4 is 0 Å². The van der Waals surface area contributed by atoms with Gasteiger partial charge in [0.2, 0.25) is 11.5 Å². The maximum absolute atomic E-state index is 10.4. The molecule has 0 bridgehead atoms. The maximum atomic E-state index is 10.4. The van der Waals surface area contributed by atoms with E-state index in [4.69, 9.17) is 33.2 Å². The van der Waals surface area contributed by atoms with Crippen molar-refractivity contribution in [3.8, 4) is 62.9 Å². The van der Waals surface area contributed by atoms with Crippen LogP contribution in [0, 0.1) is 0 Å². The van der Waals surface area contributed by atoms with Crippen molar-refractivity contribution < 1.29 is 38.3 Å². The standard InChI is InChI=1S/C40H46N2O8/c1-41-15-13-23-18-31(43)32(44-3)20-26(23)29(41)17-22-9-11-24(12-10-22)50-37-28-19-30-34-25(14-16-42(30)2)36(46-5)40(49-8)39(48-7)35(34)27(28)21-33(45-4)38(37)47-6/h9-12,18,20-21,29-30,43H,13-17,19H2,1-8H3/t29-,30-/m0/s1. The summed E-state index contributed by atoms with van der Waals surface area (Å²) in [5, 5.41) is 10.4. The number of hydrogen-bond donors (Lipinski definition) is 1. The number of phenols is 1. The minimum absolute atomic E-state index is 0.0636. The van der Waals surface area contributed by atoms with Crippen LogP contribution in [-0.2, 0) is 25.7 Å². The molecule has 0 spiro atoms. The Morgan fingerprint density at radius 2 is 1.36 bits per heavy atom. The Bertz CT molecular complexity index is 1920. The molecule has 0 unspecified atom stereocenters. The molecule has 1 N–H and O–H groups in total. The number of benzene rings is 4. The first kappa shape index (κ1) is 33.7. The van der Waals surface area contributed by atoms with E-state index < -0.39 is 0 Å². The van der Waals surface area contributed by atoms with Gasteiger partial charge < -0.3 is 38.3 Å². The van der Waals surface area contributed by atoms with E-state index >= 15 is 0 Å². The van der Waals surface area contributed by atoms with Crippen molar-refractivity contribution in [2.75, 3.05) is 69.8 Å². The molecule has 0 saturated carbocycles. The largest absolute Gasteiger partial charge is 0.504 e. The lowest BCUT2D eigenvalue weighted by Crippen LogP contribution is -2.36. The number of fused-ring (bicyclic) bond motifs is 3. The van der Waals surface area contributed by atoms with Crippen LogP contribution in [-0.4, -0.2) is 84.7 Å². The number of ether oxygens (including phenoxy) is 7. The van der Waals surface area contributed by atoms with E-state index in [1.807, 2.05) is 30.3 Å². The second-order valence-electron chi connectivity index (χ2n) is 13.2. The Labute approximate surface area is 294 Å². The average molecular weight is 683 g/mol. The van der Waals surface area contributed by atoms with Gasteiger partial charge in [-0.3, -0.25) is 9.80 Å². The summed E-state index contributed by atoms with van der Waals surface area (Å²) in [6.07, 6.45) is 3.21. The molecule has 0 aromatic heterocycles. The molecule has 2 atom stereocenters. The fourth-order valence-electron chi connectivity index (χ4n) is 8.19. The van der Waals surface area contributed by atoms with Crippen LogP contribution in [0.3, 0.4) is 0 Å². The van der Waals surface area contributed by atoms with Gasteiger partial charge in [0.25, 0.3) is 0 Å². The van der Waals surface area contributed by atoms with Gasteiger partial charge >= 0.3 is 0 Å². The third-order valence-corrected chi connectivity index (χ3v) is 10.7. The van der Waals surface area contributed by atoms with Gasteiger partial charge in [0.15, 0.2) is 34.5 Å². The molecule has 2 aliphatic heterocycles. The normalized spacial score (nSPS) is 18.0. The summed E-state index contributed by atoms with van der Waals surface area (Å²) in [5.74, 6) is 5.00. The molecule has 264 valence electrons. The van der Waals surface area contributed by atoms with E-state index in [9.17, 15) is 5.11 Å². The van der Waals surface area contributed by atoms with Crippen molar-refractivity contribution in [2.45, 2.75) is 37.8 Å². The summed E-state index contributed by atoms with van der Waals surface area (Å²) < 4.78 is 42.1. The van der Waals surface area contributed by atoms with E-state index in [-0.39, 0.29) is 17.8 Å². The fourth-order valence-corrected chi connectivity index (χ4v) is 8.19. The van der Waals surface area contributed by atoms with E-state index in [1.54, 1.807) is 42.7 Å². The molecule has 0 amide bonds. The summed E-state index contributed by atoms with van der Waals surface area (Å²) in [6, 6.07) is 14.3. The van der Waals surface area contributed by atoms with Crippen LogP contribution in [0.5, 0.6) is 51.7 Å². The molecule has 2 heterocycles. The number of likely N-dealkylation sites (N-methyl/N-ethyl adjacent to an activating group) is 2. The number of phenolic OH excluding ortho intramolecular Hbond substituents is 1. The van der Waals surface area contributed by atoms with Gasteiger partial charge in [-0.2, -0.15) is 0 Å². The lowest BCUT2D eigenvalue weighted by Gasteiger charge is -2.41. The molecular weight excluding hydrogens is 636 g/mol. The lowest BCUT2D eigenvalue weighted by atomic mass is 9.75. The van der Waals surface area contributed by atoms with Crippen LogP contribution in [0.15, 0.2) is 42.5 Å². The first-order chi connectivity index (χ1) is 24.3. The Hall–Kier alpha value is -4.80. The highest BCUT2D eigenvalue weighted by Crippen LogP contribution is 2.60. The van der Waals surface area contributed by atoms with Gasteiger partial charge in [0, 0.05) is 41.9 Å². The maximum Gasteiger partial charge on any atom is 0.204 e.